The van der Waals surface area contributed by atoms with E-state index in [1.165, 1.54) is 83.5 Å². The van der Waals surface area contributed by atoms with Crippen LogP contribution in [0.2, 0.25) is 0 Å². The van der Waals surface area contributed by atoms with Gasteiger partial charge in [-0.1, -0.05) is 133 Å². The predicted octanol–water partition coefficient (Wildman–Crippen LogP) is 11.6. The molecule has 0 atom stereocenters. The van der Waals surface area contributed by atoms with Crippen molar-refractivity contribution < 1.29 is 0 Å². The molecule has 44 heavy (non-hydrogen) atoms. The average molecular weight is 568 g/mol. The quantitative estimate of drug-likeness (QED) is 0.201. The van der Waals surface area contributed by atoms with E-state index in [1.807, 2.05) is 0 Å². The molecule has 3 heterocycles. The summed E-state index contributed by atoms with van der Waals surface area (Å²) in [5.74, 6) is 0. The molecule has 0 aromatic heterocycles. The topological polar surface area (TPSA) is 3.24 Å². The monoisotopic (exact) mass is 567 g/mol. The molecule has 0 spiro atoms. The van der Waals surface area contributed by atoms with E-state index in [-0.39, 0.29) is 16.2 Å². The second-order valence-corrected chi connectivity index (χ2v) is 14.6. The summed E-state index contributed by atoms with van der Waals surface area (Å²) in [7, 11) is 0. The van der Waals surface area contributed by atoms with Crippen LogP contribution in [-0.4, -0.2) is 0 Å². The van der Waals surface area contributed by atoms with Gasteiger partial charge in [-0.2, -0.15) is 0 Å². The summed E-state index contributed by atoms with van der Waals surface area (Å²) in [6.07, 6.45) is 0. The van der Waals surface area contributed by atoms with Crippen LogP contribution in [0.15, 0.2) is 115 Å². The third kappa shape index (κ3) is 3.10. The number of rotatable bonds is 2. The molecule has 0 fully saturated rings. The van der Waals surface area contributed by atoms with Gasteiger partial charge in [-0.15, -0.1) is 0 Å². The molecule has 0 amide bonds. The van der Waals surface area contributed by atoms with Gasteiger partial charge in [-0.25, -0.2) is 0 Å². The fourth-order valence-electron chi connectivity index (χ4n) is 8.68. The van der Waals surface area contributed by atoms with Crippen molar-refractivity contribution in [1.82, 2.24) is 0 Å². The Hall–Kier alpha value is -4.62. The molecule has 0 unspecified atom stereocenters. The van der Waals surface area contributed by atoms with Crippen LogP contribution in [0.1, 0.15) is 74.9 Å². The van der Waals surface area contributed by atoms with E-state index < -0.39 is 0 Å². The number of nitrogens with zero attached hydrogens (tertiary/aromatic N) is 1. The lowest BCUT2D eigenvalue weighted by atomic mass is 9.60. The van der Waals surface area contributed by atoms with Gasteiger partial charge in [0.1, 0.15) is 0 Å². The Bertz CT molecular complexity index is 2100. The fourth-order valence-corrected chi connectivity index (χ4v) is 8.68. The van der Waals surface area contributed by atoms with Crippen molar-refractivity contribution in [2.24, 2.45) is 0 Å². The normalized spacial score (nSPS) is 17.4. The highest BCUT2D eigenvalue weighted by Gasteiger charge is 2.51. The number of hydrogen-bond donors (Lipinski definition) is 0. The van der Waals surface area contributed by atoms with Gasteiger partial charge in [0, 0.05) is 16.2 Å². The first-order chi connectivity index (χ1) is 21.1. The average Bonchev–Trinajstić information content (AvgIpc) is 3.03. The van der Waals surface area contributed by atoms with E-state index in [9.17, 15) is 0 Å². The van der Waals surface area contributed by atoms with Crippen LogP contribution in [-0.2, 0) is 16.2 Å². The number of fused-ring (bicyclic) bond motifs is 1. The van der Waals surface area contributed by atoms with Gasteiger partial charge in [0.05, 0.1) is 17.1 Å². The number of benzene rings is 6. The lowest BCUT2D eigenvalue weighted by Gasteiger charge is -2.55. The zero-order valence-corrected chi connectivity index (χ0v) is 26.4. The molecule has 3 aliphatic heterocycles. The maximum absolute atomic E-state index is 2.66. The van der Waals surface area contributed by atoms with Gasteiger partial charge in [-0.3, -0.25) is 0 Å². The van der Waals surface area contributed by atoms with Gasteiger partial charge < -0.3 is 4.90 Å². The second-order valence-electron chi connectivity index (χ2n) is 14.6. The van der Waals surface area contributed by atoms with E-state index in [0.29, 0.717) is 0 Å². The van der Waals surface area contributed by atoms with E-state index in [4.69, 9.17) is 0 Å². The largest absolute Gasteiger partial charge is 0.309 e. The molecular formula is C43H37N. The highest BCUT2D eigenvalue weighted by molar-refractivity contribution is 6.01. The first-order valence-electron chi connectivity index (χ1n) is 16.0. The zero-order chi connectivity index (χ0) is 30.2. The van der Waals surface area contributed by atoms with Crippen molar-refractivity contribution in [3.63, 3.8) is 0 Å². The van der Waals surface area contributed by atoms with Crippen LogP contribution in [0, 0.1) is 0 Å². The van der Waals surface area contributed by atoms with E-state index >= 15 is 0 Å². The molecule has 6 aromatic rings. The van der Waals surface area contributed by atoms with E-state index in [1.54, 1.807) is 0 Å². The number of hydrogen-bond acceptors (Lipinski definition) is 1. The second kappa shape index (κ2) is 8.30. The van der Waals surface area contributed by atoms with Crippen LogP contribution in [0.4, 0.5) is 17.1 Å². The van der Waals surface area contributed by atoms with Gasteiger partial charge in [0.15, 0.2) is 0 Å². The molecule has 3 aliphatic rings. The Morgan fingerprint density at radius 1 is 0.364 bits per heavy atom. The fraction of sp³-hybridized carbons (Fsp3) is 0.209. The lowest BCUT2D eigenvalue weighted by Crippen LogP contribution is -2.43. The molecule has 0 N–H and O–H groups in total. The minimum absolute atomic E-state index is 0.0794. The zero-order valence-electron chi connectivity index (χ0n) is 26.4. The number of para-hydroxylation sites is 2. The van der Waals surface area contributed by atoms with Gasteiger partial charge >= 0.3 is 0 Å². The van der Waals surface area contributed by atoms with Crippen LogP contribution >= 0.6 is 0 Å². The van der Waals surface area contributed by atoms with Crippen molar-refractivity contribution >= 4 is 27.8 Å². The van der Waals surface area contributed by atoms with Crippen molar-refractivity contribution in [1.29, 1.82) is 0 Å². The van der Waals surface area contributed by atoms with Crippen LogP contribution in [0.3, 0.4) is 0 Å². The molecular weight excluding hydrogens is 530 g/mol. The summed E-state index contributed by atoms with van der Waals surface area (Å²) in [5, 5.41) is 2.55. The first-order valence-corrected chi connectivity index (χ1v) is 16.0. The summed E-state index contributed by atoms with van der Waals surface area (Å²) < 4.78 is 0. The van der Waals surface area contributed by atoms with Crippen LogP contribution < -0.4 is 4.90 Å². The van der Waals surface area contributed by atoms with Crippen LogP contribution in [0.5, 0.6) is 0 Å². The summed E-state index contributed by atoms with van der Waals surface area (Å²) in [5.41, 5.74) is 17.4. The highest BCUT2D eigenvalue weighted by atomic mass is 15.2. The van der Waals surface area contributed by atoms with Crippen LogP contribution in [0.25, 0.3) is 33.0 Å². The Morgan fingerprint density at radius 3 is 1.23 bits per heavy atom. The van der Waals surface area contributed by atoms with Gasteiger partial charge in [0.25, 0.3) is 0 Å². The summed E-state index contributed by atoms with van der Waals surface area (Å²) >= 11 is 0. The summed E-state index contributed by atoms with van der Waals surface area (Å²) in [4.78, 5) is 2.66. The maximum Gasteiger partial charge on any atom is 0.0544 e. The molecule has 0 radical (unpaired) electrons. The molecule has 1 heteroatoms. The standard InChI is InChI=1S/C43H37N/c1-41(2)32-18-12-20-34-38(32)44-39-33(41)19-13-21-35(39)43(5,6)37-25-29(24-36(40(37)44)42(34,3)4)31-23-28-17-11-10-16-27(28)22-30(31)26-14-8-7-9-15-26/h7-25H,1-6H3. The third-order valence-electron chi connectivity index (χ3n) is 11.2. The molecule has 9 rings (SSSR count). The summed E-state index contributed by atoms with van der Waals surface area (Å²) in [6.45, 7) is 14.6. The third-order valence-corrected chi connectivity index (χ3v) is 11.2. The maximum atomic E-state index is 2.66. The van der Waals surface area contributed by atoms with Gasteiger partial charge in [0.2, 0.25) is 0 Å². The molecule has 0 saturated heterocycles. The Balaban J connectivity index is 1.42. The lowest BCUT2D eigenvalue weighted by molar-refractivity contribution is 0.567. The Labute approximate surface area is 260 Å². The Morgan fingerprint density at radius 2 is 0.750 bits per heavy atom. The van der Waals surface area contributed by atoms with E-state index in [2.05, 4.69) is 162 Å². The van der Waals surface area contributed by atoms with Crippen molar-refractivity contribution in [2.75, 3.05) is 4.90 Å². The highest BCUT2D eigenvalue weighted by Crippen LogP contribution is 2.66. The summed E-state index contributed by atoms with van der Waals surface area (Å²) in [6, 6.07) is 43.6. The SMILES string of the molecule is CC1(C)c2cccc3c2N2c4c1cccc4C(C)(C)c1cc(-c4cc5ccccc5cc4-c4ccccc4)cc(c12)C3(C)C. The minimum Gasteiger partial charge on any atom is -0.309 e. The molecule has 0 aliphatic carbocycles. The van der Waals surface area contributed by atoms with Crippen molar-refractivity contribution in [3.8, 4) is 22.3 Å². The van der Waals surface area contributed by atoms with Gasteiger partial charge in [-0.05, 0) is 90.7 Å². The van der Waals surface area contributed by atoms with E-state index in [0.717, 1.165) is 0 Å². The molecule has 6 aromatic carbocycles. The Kier molecular flexibility index (Phi) is 4.87. The number of anilines is 3. The van der Waals surface area contributed by atoms with Crippen molar-refractivity contribution in [3.05, 3.63) is 149 Å². The predicted molar refractivity (Wildman–Crippen MR) is 186 cm³/mol. The minimum atomic E-state index is -0.165. The van der Waals surface area contributed by atoms with Crippen molar-refractivity contribution in [2.45, 2.75) is 57.8 Å². The molecule has 0 saturated carbocycles. The first kappa shape index (κ1) is 25.8. The smallest absolute Gasteiger partial charge is 0.0544 e. The molecule has 1 nitrogen and oxygen atoms in total. The molecule has 0 bridgehead atoms. The molecule has 214 valence electrons.